The highest BCUT2D eigenvalue weighted by molar-refractivity contribution is 7.89. The second-order valence-corrected chi connectivity index (χ2v) is 6.50. The normalized spacial score (nSPS) is 11.3. The van der Waals surface area contributed by atoms with Crippen molar-refractivity contribution in [3.8, 4) is 5.75 Å². The first kappa shape index (κ1) is 16.8. The Bertz CT molecular complexity index is 787. The van der Waals surface area contributed by atoms with Crippen LogP contribution in [0.15, 0.2) is 54.6 Å². The number of benzene rings is 2. The molecule has 0 saturated heterocycles. The van der Waals surface area contributed by atoms with Crippen molar-refractivity contribution in [3.05, 3.63) is 60.2 Å². The van der Waals surface area contributed by atoms with Crippen molar-refractivity contribution >= 4 is 22.1 Å². The zero-order chi connectivity index (χ0) is 17.0. The molecule has 0 atom stereocenters. The lowest BCUT2D eigenvalue weighted by Gasteiger charge is -2.22. The number of amides is 1. The molecule has 0 saturated carbocycles. The van der Waals surface area contributed by atoms with Crippen LogP contribution in [0.1, 0.15) is 25.3 Å². The van der Waals surface area contributed by atoms with E-state index in [0.717, 1.165) is 0 Å². The average Bonchev–Trinajstić information content (AvgIpc) is 2.47. The summed E-state index contributed by atoms with van der Waals surface area (Å²) in [7, 11) is -4.55. The van der Waals surface area contributed by atoms with Crippen LogP contribution in [0.5, 0.6) is 5.75 Å². The number of nitrogens with zero attached hydrogens (tertiary/aromatic N) is 1. The fourth-order valence-corrected chi connectivity index (χ4v) is 3.14. The summed E-state index contributed by atoms with van der Waals surface area (Å²) in [6.45, 7) is 3.70. The van der Waals surface area contributed by atoms with Crippen LogP contribution in [0.3, 0.4) is 0 Å². The zero-order valence-corrected chi connectivity index (χ0v) is 13.5. The highest BCUT2D eigenvalue weighted by Gasteiger charge is 2.33. The number of carbonyl (C=O) groups is 1. The molecule has 0 radical (unpaired) electrons. The zero-order valence-electron chi connectivity index (χ0n) is 12.7. The van der Waals surface area contributed by atoms with E-state index in [0.29, 0.717) is 5.56 Å². The summed E-state index contributed by atoms with van der Waals surface area (Å²) in [4.78, 5) is 11.6. The van der Waals surface area contributed by atoms with Crippen molar-refractivity contribution in [3.63, 3.8) is 0 Å². The Morgan fingerprint density at radius 1 is 1.04 bits per heavy atom. The Kier molecular flexibility index (Phi) is 4.90. The summed E-state index contributed by atoms with van der Waals surface area (Å²) in [5, 5.41) is 9.41. The summed E-state index contributed by atoms with van der Waals surface area (Å²) in [6, 6.07) is 14.2. The van der Waals surface area contributed by atoms with Gasteiger partial charge in [0.15, 0.2) is 0 Å². The molecule has 2 aromatic rings. The van der Waals surface area contributed by atoms with E-state index in [9.17, 15) is 18.3 Å². The Hall–Kier alpha value is -2.54. The van der Waals surface area contributed by atoms with E-state index in [1.165, 1.54) is 18.2 Å². The quantitative estimate of drug-likeness (QED) is 0.902. The lowest BCUT2D eigenvalue weighted by molar-refractivity contribution is 0.205. The summed E-state index contributed by atoms with van der Waals surface area (Å²) in [5.74, 6) is -0.0132. The standard InChI is InChI=1S/C16H17NO5S/c1-12(2)14-10-6-7-11-15(14)17(16(18)19)23(20,21)22-13-8-4-3-5-9-13/h3-12H,1-2H3,(H,18,19). The number of rotatable bonds is 5. The lowest BCUT2D eigenvalue weighted by Crippen LogP contribution is -2.39. The van der Waals surface area contributed by atoms with Crippen molar-refractivity contribution in [1.82, 2.24) is 0 Å². The van der Waals surface area contributed by atoms with Crippen LogP contribution < -0.4 is 8.49 Å². The van der Waals surface area contributed by atoms with E-state index in [1.54, 1.807) is 36.4 Å². The molecule has 0 aliphatic heterocycles. The van der Waals surface area contributed by atoms with Gasteiger partial charge in [-0.25, -0.2) is 4.79 Å². The Balaban J connectivity index is 2.49. The molecule has 1 amide bonds. The smallest absolute Gasteiger partial charge is 0.428 e. The van der Waals surface area contributed by atoms with Gasteiger partial charge in [0, 0.05) is 0 Å². The Morgan fingerprint density at radius 3 is 2.17 bits per heavy atom. The fourth-order valence-electron chi connectivity index (χ4n) is 2.11. The number of hydrogen-bond acceptors (Lipinski definition) is 4. The Labute approximate surface area is 135 Å². The molecule has 6 nitrogen and oxygen atoms in total. The largest absolute Gasteiger partial charge is 0.464 e. The van der Waals surface area contributed by atoms with E-state index in [1.807, 2.05) is 13.8 Å². The van der Waals surface area contributed by atoms with Gasteiger partial charge in [-0.1, -0.05) is 50.2 Å². The summed E-state index contributed by atoms with van der Waals surface area (Å²) < 4.78 is 30.1. The van der Waals surface area contributed by atoms with Crippen molar-refractivity contribution in [2.45, 2.75) is 19.8 Å². The first-order valence-corrected chi connectivity index (χ1v) is 8.31. The molecule has 0 aliphatic rings. The second-order valence-electron chi connectivity index (χ2n) is 5.11. The summed E-state index contributed by atoms with van der Waals surface area (Å²) in [5.41, 5.74) is 0.654. The molecule has 1 N–H and O–H groups in total. The van der Waals surface area contributed by atoms with Gasteiger partial charge in [0.05, 0.1) is 5.69 Å². The molecule has 0 spiro atoms. The Morgan fingerprint density at radius 2 is 1.61 bits per heavy atom. The first-order valence-electron chi connectivity index (χ1n) is 6.94. The maximum absolute atomic E-state index is 12.4. The minimum Gasteiger partial charge on any atom is -0.464 e. The molecular formula is C16H17NO5S. The van der Waals surface area contributed by atoms with Crippen LogP contribution in [0.4, 0.5) is 10.5 Å². The van der Waals surface area contributed by atoms with Gasteiger partial charge in [-0.3, -0.25) is 0 Å². The van der Waals surface area contributed by atoms with Crippen LogP contribution in [0, 0.1) is 0 Å². The van der Waals surface area contributed by atoms with Gasteiger partial charge in [-0.15, -0.1) is 4.31 Å². The van der Waals surface area contributed by atoms with Crippen LogP contribution in [0.2, 0.25) is 0 Å². The number of anilines is 1. The maximum atomic E-state index is 12.4. The topological polar surface area (TPSA) is 83.9 Å². The molecule has 2 aromatic carbocycles. The molecule has 0 fully saturated rings. The monoisotopic (exact) mass is 335 g/mol. The van der Waals surface area contributed by atoms with Gasteiger partial charge in [0.25, 0.3) is 0 Å². The first-order chi connectivity index (χ1) is 10.8. The molecule has 122 valence electrons. The molecule has 0 unspecified atom stereocenters. The highest BCUT2D eigenvalue weighted by Crippen LogP contribution is 2.30. The van der Waals surface area contributed by atoms with Crippen LogP contribution in [-0.4, -0.2) is 19.6 Å². The number of para-hydroxylation sites is 2. The van der Waals surface area contributed by atoms with Gasteiger partial charge in [0.2, 0.25) is 0 Å². The van der Waals surface area contributed by atoms with Crippen molar-refractivity contribution in [2.24, 2.45) is 0 Å². The SMILES string of the molecule is CC(C)c1ccccc1N(C(=O)O)S(=O)(=O)Oc1ccccc1. The molecule has 23 heavy (non-hydrogen) atoms. The number of hydrogen-bond donors (Lipinski definition) is 1. The minimum atomic E-state index is -4.55. The fraction of sp³-hybridized carbons (Fsp3) is 0.188. The van der Waals surface area contributed by atoms with Gasteiger partial charge >= 0.3 is 16.4 Å². The van der Waals surface area contributed by atoms with Crippen molar-refractivity contribution in [1.29, 1.82) is 0 Å². The van der Waals surface area contributed by atoms with E-state index < -0.39 is 16.4 Å². The second kappa shape index (κ2) is 6.70. The third kappa shape index (κ3) is 3.81. The van der Waals surface area contributed by atoms with Crippen molar-refractivity contribution in [2.75, 3.05) is 4.31 Å². The summed E-state index contributed by atoms with van der Waals surface area (Å²) >= 11 is 0. The minimum absolute atomic E-state index is 0.0424. The van der Waals surface area contributed by atoms with Crippen molar-refractivity contribution < 1.29 is 22.5 Å². The van der Waals surface area contributed by atoms with Crippen LogP contribution in [-0.2, 0) is 10.3 Å². The molecule has 0 heterocycles. The van der Waals surface area contributed by atoms with E-state index >= 15 is 0 Å². The molecule has 0 bridgehead atoms. The van der Waals surface area contributed by atoms with Crippen LogP contribution in [0.25, 0.3) is 0 Å². The predicted octanol–water partition coefficient (Wildman–Crippen LogP) is 3.62. The molecule has 0 aliphatic carbocycles. The number of carboxylic acid groups (broad SMARTS) is 1. The van der Waals surface area contributed by atoms with Gasteiger partial charge < -0.3 is 9.29 Å². The van der Waals surface area contributed by atoms with Crippen LogP contribution >= 0.6 is 0 Å². The van der Waals surface area contributed by atoms with E-state index in [-0.39, 0.29) is 21.7 Å². The molecular weight excluding hydrogens is 318 g/mol. The molecule has 7 heteroatoms. The lowest BCUT2D eigenvalue weighted by atomic mass is 10.0. The van der Waals surface area contributed by atoms with Gasteiger partial charge in [-0.2, -0.15) is 8.42 Å². The maximum Gasteiger partial charge on any atom is 0.428 e. The summed E-state index contributed by atoms with van der Waals surface area (Å²) in [6.07, 6.45) is -1.63. The van der Waals surface area contributed by atoms with Gasteiger partial charge in [-0.05, 0) is 29.7 Å². The predicted molar refractivity (Wildman–Crippen MR) is 87.0 cm³/mol. The average molecular weight is 335 g/mol. The molecule has 2 rings (SSSR count). The third-order valence-electron chi connectivity index (χ3n) is 3.12. The molecule has 0 aromatic heterocycles. The van der Waals surface area contributed by atoms with E-state index in [4.69, 9.17) is 4.18 Å². The van der Waals surface area contributed by atoms with Gasteiger partial charge in [0.1, 0.15) is 5.75 Å². The highest BCUT2D eigenvalue weighted by atomic mass is 32.2. The third-order valence-corrected chi connectivity index (χ3v) is 4.32. The van der Waals surface area contributed by atoms with E-state index in [2.05, 4.69) is 0 Å².